The molecular weight excluding hydrogens is 239 g/mol. The number of thioether (sulfide) groups is 1. The zero-order valence-electron chi connectivity index (χ0n) is 9.04. The fourth-order valence-electron chi connectivity index (χ4n) is 1.21. The van der Waals surface area contributed by atoms with Crippen LogP contribution >= 0.6 is 11.8 Å². The maximum atomic E-state index is 13.2. The molecule has 0 atom stereocenters. The maximum absolute atomic E-state index is 13.2. The van der Waals surface area contributed by atoms with Crippen LogP contribution in [-0.4, -0.2) is 22.3 Å². The molecule has 2 aromatic rings. The van der Waals surface area contributed by atoms with E-state index >= 15 is 0 Å². The van der Waals surface area contributed by atoms with Crippen LogP contribution in [0.15, 0.2) is 47.9 Å². The Hall–Kier alpha value is -1.62. The van der Waals surface area contributed by atoms with Gasteiger partial charge in [-0.3, -0.25) is 0 Å². The van der Waals surface area contributed by atoms with Gasteiger partial charge in [-0.25, -0.2) is 14.4 Å². The lowest BCUT2D eigenvalue weighted by Crippen LogP contribution is -2.02. The van der Waals surface area contributed by atoms with Gasteiger partial charge >= 0.3 is 0 Å². The van der Waals surface area contributed by atoms with Gasteiger partial charge in [0, 0.05) is 18.1 Å². The molecule has 88 valence electrons. The topological polar surface area (TPSA) is 35.0 Å². The number of hydrogen-bond donors (Lipinski definition) is 0. The quantitative estimate of drug-likeness (QED) is 0.464. The molecule has 0 saturated heterocycles. The number of aromatic nitrogens is 2. The van der Waals surface area contributed by atoms with Crippen molar-refractivity contribution in [3.63, 3.8) is 0 Å². The highest BCUT2D eigenvalue weighted by Crippen LogP contribution is 2.16. The Morgan fingerprint density at radius 3 is 2.65 bits per heavy atom. The van der Waals surface area contributed by atoms with Gasteiger partial charge in [-0.1, -0.05) is 23.9 Å². The van der Waals surface area contributed by atoms with E-state index in [4.69, 9.17) is 4.74 Å². The summed E-state index contributed by atoms with van der Waals surface area (Å²) in [5.74, 6) is 0.619. The first kappa shape index (κ1) is 11.9. The first-order valence-corrected chi connectivity index (χ1v) is 6.12. The lowest BCUT2D eigenvalue weighted by molar-refractivity contribution is 0.325. The first-order chi connectivity index (χ1) is 8.36. The number of rotatable bonds is 5. The third-order valence-corrected chi connectivity index (χ3v) is 2.79. The van der Waals surface area contributed by atoms with Crippen molar-refractivity contribution in [1.82, 2.24) is 9.97 Å². The summed E-state index contributed by atoms with van der Waals surface area (Å²) in [5.41, 5.74) is 0. The van der Waals surface area contributed by atoms with Crippen LogP contribution in [0, 0.1) is 5.82 Å². The molecule has 0 saturated carbocycles. The van der Waals surface area contributed by atoms with Gasteiger partial charge in [0.25, 0.3) is 0 Å². The summed E-state index contributed by atoms with van der Waals surface area (Å²) in [7, 11) is 0. The van der Waals surface area contributed by atoms with Gasteiger partial charge in [-0.05, 0) is 18.2 Å². The highest BCUT2D eigenvalue weighted by molar-refractivity contribution is 7.99. The Morgan fingerprint density at radius 1 is 1.12 bits per heavy atom. The molecule has 0 unspecified atom stereocenters. The summed E-state index contributed by atoms with van der Waals surface area (Å²) < 4.78 is 18.5. The minimum absolute atomic E-state index is 0.280. The van der Waals surface area contributed by atoms with Gasteiger partial charge in [0.15, 0.2) is 16.7 Å². The lowest BCUT2D eigenvalue weighted by Gasteiger charge is -2.05. The molecule has 0 radical (unpaired) electrons. The molecule has 2 rings (SSSR count). The maximum Gasteiger partial charge on any atom is 0.187 e. The predicted molar refractivity (Wildman–Crippen MR) is 64.7 cm³/mol. The third-order valence-electron chi connectivity index (χ3n) is 1.95. The van der Waals surface area contributed by atoms with E-state index in [0.29, 0.717) is 17.5 Å². The van der Waals surface area contributed by atoms with Gasteiger partial charge in [-0.2, -0.15) is 0 Å². The van der Waals surface area contributed by atoms with Gasteiger partial charge in [-0.15, -0.1) is 0 Å². The molecule has 0 amide bonds. The molecule has 0 aliphatic rings. The van der Waals surface area contributed by atoms with E-state index in [1.807, 2.05) is 0 Å². The molecule has 5 heteroatoms. The molecule has 0 bridgehead atoms. The van der Waals surface area contributed by atoms with Crippen LogP contribution < -0.4 is 4.74 Å². The summed E-state index contributed by atoms with van der Waals surface area (Å²) in [4.78, 5) is 8.13. The van der Waals surface area contributed by atoms with Crippen molar-refractivity contribution in [3.8, 4) is 5.75 Å². The minimum Gasteiger partial charge on any atom is -0.490 e. The highest BCUT2D eigenvalue weighted by atomic mass is 32.2. The van der Waals surface area contributed by atoms with Crippen LogP contribution in [0.5, 0.6) is 5.75 Å². The second-order valence-corrected chi connectivity index (χ2v) is 4.22. The van der Waals surface area contributed by atoms with Crippen LogP contribution in [0.1, 0.15) is 0 Å². The normalized spacial score (nSPS) is 10.2. The summed E-state index contributed by atoms with van der Waals surface area (Å²) in [5, 5.41) is 0.699. The Bertz CT molecular complexity index is 467. The van der Waals surface area contributed by atoms with Gasteiger partial charge in [0.05, 0.1) is 6.61 Å². The SMILES string of the molecule is Fc1ccccc1OCCSc1ncccn1. The van der Waals surface area contributed by atoms with Crippen molar-refractivity contribution >= 4 is 11.8 Å². The van der Waals surface area contributed by atoms with Crippen LogP contribution in [0.3, 0.4) is 0 Å². The third kappa shape index (κ3) is 3.71. The van der Waals surface area contributed by atoms with E-state index in [1.54, 1.807) is 36.7 Å². The molecule has 0 N–H and O–H groups in total. The van der Waals surface area contributed by atoms with Crippen molar-refractivity contribution in [2.24, 2.45) is 0 Å². The van der Waals surface area contributed by atoms with Crippen molar-refractivity contribution in [1.29, 1.82) is 0 Å². The molecule has 3 nitrogen and oxygen atoms in total. The van der Waals surface area contributed by atoms with E-state index in [0.717, 1.165) is 0 Å². The molecule has 17 heavy (non-hydrogen) atoms. The molecule has 0 aliphatic carbocycles. The first-order valence-electron chi connectivity index (χ1n) is 5.13. The van der Waals surface area contributed by atoms with Crippen molar-refractivity contribution in [3.05, 3.63) is 48.5 Å². The second kappa shape index (κ2) is 6.20. The number of halogens is 1. The minimum atomic E-state index is -0.339. The molecule has 1 aromatic carbocycles. The monoisotopic (exact) mass is 250 g/mol. The van der Waals surface area contributed by atoms with Gasteiger partial charge in [0.1, 0.15) is 0 Å². The Morgan fingerprint density at radius 2 is 1.88 bits per heavy atom. The zero-order chi connectivity index (χ0) is 11.9. The summed E-state index contributed by atoms with van der Waals surface area (Å²) in [6.45, 7) is 0.420. The fourth-order valence-corrected chi connectivity index (χ4v) is 1.83. The standard InChI is InChI=1S/C12H11FN2OS/c13-10-4-1-2-5-11(10)16-8-9-17-12-14-6-3-7-15-12/h1-7H,8-9H2. The number of para-hydroxylation sites is 1. The number of ether oxygens (including phenoxy) is 1. The summed E-state index contributed by atoms with van der Waals surface area (Å²) in [6, 6.07) is 8.13. The number of benzene rings is 1. The molecule has 1 heterocycles. The van der Waals surface area contributed by atoms with Crippen LogP contribution in [0.25, 0.3) is 0 Å². The van der Waals surface area contributed by atoms with E-state index in [9.17, 15) is 4.39 Å². The zero-order valence-corrected chi connectivity index (χ0v) is 9.86. The Kier molecular flexibility index (Phi) is 4.32. The van der Waals surface area contributed by atoms with Crippen molar-refractivity contribution in [2.45, 2.75) is 5.16 Å². The summed E-state index contributed by atoms with van der Waals surface area (Å²) in [6.07, 6.45) is 3.38. The van der Waals surface area contributed by atoms with E-state index in [-0.39, 0.29) is 11.6 Å². The Balaban J connectivity index is 1.76. The number of hydrogen-bond acceptors (Lipinski definition) is 4. The average molecular weight is 250 g/mol. The Labute approximate surface area is 103 Å². The average Bonchev–Trinajstić information content (AvgIpc) is 2.38. The fraction of sp³-hybridized carbons (Fsp3) is 0.167. The molecular formula is C12H11FN2OS. The van der Waals surface area contributed by atoms with Gasteiger partial charge < -0.3 is 4.74 Å². The highest BCUT2D eigenvalue weighted by Gasteiger charge is 2.01. The van der Waals surface area contributed by atoms with Gasteiger partial charge in [0.2, 0.25) is 0 Å². The van der Waals surface area contributed by atoms with Crippen molar-refractivity contribution < 1.29 is 9.13 Å². The molecule has 0 fully saturated rings. The van der Waals surface area contributed by atoms with Crippen LogP contribution in [-0.2, 0) is 0 Å². The van der Waals surface area contributed by atoms with E-state index in [1.165, 1.54) is 17.8 Å². The van der Waals surface area contributed by atoms with E-state index in [2.05, 4.69) is 9.97 Å². The summed E-state index contributed by atoms with van der Waals surface area (Å²) >= 11 is 1.48. The largest absolute Gasteiger partial charge is 0.490 e. The van der Waals surface area contributed by atoms with Crippen LogP contribution in [0.2, 0.25) is 0 Å². The predicted octanol–water partition coefficient (Wildman–Crippen LogP) is 2.79. The molecule has 0 spiro atoms. The van der Waals surface area contributed by atoms with Crippen molar-refractivity contribution in [2.75, 3.05) is 12.4 Å². The second-order valence-electron chi connectivity index (χ2n) is 3.16. The van der Waals surface area contributed by atoms with E-state index < -0.39 is 0 Å². The van der Waals surface area contributed by atoms with Crippen LogP contribution in [0.4, 0.5) is 4.39 Å². The molecule has 1 aromatic heterocycles. The molecule has 0 aliphatic heterocycles. The number of nitrogens with zero attached hydrogens (tertiary/aromatic N) is 2. The smallest absolute Gasteiger partial charge is 0.187 e. The lowest BCUT2D eigenvalue weighted by atomic mass is 10.3.